The number of halogens is 1. The molecule has 0 fully saturated rings. The first-order chi connectivity index (χ1) is 9.02. The van der Waals surface area contributed by atoms with Gasteiger partial charge in [-0.25, -0.2) is 0 Å². The van der Waals surface area contributed by atoms with E-state index in [-0.39, 0.29) is 11.9 Å². The van der Waals surface area contributed by atoms with Gasteiger partial charge in [-0.05, 0) is 36.8 Å². The van der Waals surface area contributed by atoms with E-state index in [1.165, 1.54) is 0 Å². The van der Waals surface area contributed by atoms with Gasteiger partial charge in [-0.3, -0.25) is 4.79 Å². The first-order valence-electron chi connectivity index (χ1n) is 5.78. The Hall–Kier alpha value is -1.59. The van der Waals surface area contributed by atoms with Crippen molar-refractivity contribution in [1.29, 1.82) is 0 Å². The van der Waals surface area contributed by atoms with Crippen molar-refractivity contribution in [3.05, 3.63) is 46.1 Å². The lowest BCUT2D eigenvalue weighted by atomic mass is 9.95. The van der Waals surface area contributed by atoms with Crippen molar-refractivity contribution in [3.8, 4) is 0 Å². The number of nitrogens with one attached hydrogen (secondary N) is 3. The molecule has 19 heavy (non-hydrogen) atoms. The van der Waals surface area contributed by atoms with Crippen LogP contribution in [-0.4, -0.2) is 18.1 Å². The van der Waals surface area contributed by atoms with E-state index >= 15 is 0 Å². The minimum absolute atomic E-state index is 0.139. The van der Waals surface area contributed by atoms with Gasteiger partial charge in [0.15, 0.2) is 5.11 Å². The summed E-state index contributed by atoms with van der Waals surface area (Å²) in [4.78, 5) is 12.0. The second kappa shape index (κ2) is 5.59. The van der Waals surface area contributed by atoms with Crippen molar-refractivity contribution in [3.63, 3.8) is 0 Å². The monoisotopic (exact) mass is 295 g/mol. The molecule has 1 aromatic rings. The topological polar surface area (TPSA) is 53.2 Å². The Morgan fingerprint density at radius 2 is 2.00 bits per heavy atom. The predicted molar refractivity (Wildman–Crippen MR) is 79.8 cm³/mol. The summed E-state index contributed by atoms with van der Waals surface area (Å²) in [5.41, 5.74) is 2.31. The number of hydrogen-bond donors (Lipinski definition) is 3. The highest BCUT2D eigenvalue weighted by atomic mass is 35.5. The highest BCUT2D eigenvalue weighted by Crippen LogP contribution is 2.27. The second-order valence-corrected chi connectivity index (χ2v) is 5.05. The van der Waals surface area contributed by atoms with E-state index in [0.717, 1.165) is 11.3 Å². The zero-order valence-electron chi connectivity index (χ0n) is 10.6. The van der Waals surface area contributed by atoms with Crippen LogP contribution >= 0.6 is 23.8 Å². The number of carbonyl (C=O) groups excluding carboxylic acids is 1. The maximum absolute atomic E-state index is 12.0. The van der Waals surface area contributed by atoms with E-state index in [2.05, 4.69) is 16.0 Å². The molecule has 0 bridgehead atoms. The number of amides is 1. The molecule has 4 nitrogen and oxygen atoms in total. The summed E-state index contributed by atoms with van der Waals surface area (Å²) in [6.45, 7) is 1.83. The third-order valence-corrected chi connectivity index (χ3v) is 3.42. The molecule has 0 spiro atoms. The normalized spacial score (nSPS) is 18.7. The molecule has 3 N–H and O–H groups in total. The minimum Gasteiger partial charge on any atom is -0.355 e. The molecule has 1 aromatic carbocycles. The van der Waals surface area contributed by atoms with Gasteiger partial charge in [0, 0.05) is 17.8 Å². The third-order valence-electron chi connectivity index (χ3n) is 2.94. The molecule has 0 aliphatic carbocycles. The van der Waals surface area contributed by atoms with Gasteiger partial charge in [0.05, 0.1) is 11.6 Å². The molecule has 0 saturated heterocycles. The van der Waals surface area contributed by atoms with Gasteiger partial charge in [-0.2, -0.15) is 0 Å². The van der Waals surface area contributed by atoms with Crippen molar-refractivity contribution in [1.82, 2.24) is 16.0 Å². The molecule has 1 amide bonds. The fourth-order valence-electron chi connectivity index (χ4n) is 2.03. The minimum atomic E-state index is -0.272. The average Bonchev–Trinajstić information content (AvgIpc) is 2.38. The molecule has 1 atom stereocenters. The highest BCUT2D eigenvalue weighted by Gasteiger charge is 2.28. The van der Waals surface area contributed by atoms with Crippen LogP contribution in [0.15, 0.2) is 35.5 Å². The Labute approximate surface area is 122 Å². The first-order valence-corrected chi connectivity index (χ1v) is 6.57. The molecule has 0 saturated carbocycles. The summed E-state index contributed by atoms with van der Waals surface area (Å²) >= 11 is 11.0. The van der Waals surface area contributed by atoms with Crippen LogP contribution in [0.25, 0.3) is 0 Å². The summed E-state index contributed by atoms with van der Waals surface area (Å²) in [7, 11) is 1.61. The molecule has 1 aliphatic heterocycles. The summed E-state index contributed by atoms with van der Waals surface area (Å²) in [6.07, 6.45) is 0. The highest BCUT2D eigenvalue weighted by molar-refractivity contribution is 7.80. The van der Waals surface area contributed by atoms with E-state index in [0.29, 0.717) is 15.7 Å². The largest absolute Gasteiger partial charge is 0.355 e. The Kier molecular flexibility index (Phi) is 4.07. The van der Waals surface area contributed by atoms with Crippen molar-refractivity contribution < 1.29 is 4.79 Å². The summed E-state index contributed by atoms with van der Waals surface area (Å²) < 4.78 is 0. The molecule has 2 rings (SSSR count). The summed E-state index contributed by atoms with van der Waals surface area (Å²) in [6, 6.07) is 7.07. The molecule has 1 aliphatic rings. The number of carbonyl (C=O) groups is 1. The number of hydrogen-bond acceptors (Lipinski definition) is 2. The maximum atomic E-state index is 12.0. The van der Waals surface area contributed by atoms with Gasteiger partial charge in [-0.15, -0.1) is 0 Å². The molecule has 0 radical (unpaired) electrons. The standard InChI is InChI=1S/C13H14ClN3OS/c1-7-10(12(18)15-2)11(17-13(19)16-7)8-3-5-9(14)6-4-8/h3-6,11H,1-2H3,(H,15,18)(H2,16,17,19). The van der Waals surface area contributed by atoms with Crippen LogP contribution < -0.4 is 16.0 Å². The van der Waals surface area contributed by atoms with Gasteiger partial charge in [0.25, 0.3) is 5.91 Å². The van der Waals surface area contributed by atoms with Crippen LogP contribution in [0.5, 0.6) is 0 Å². The van der Waals surface area contributed by atoms with Crippen LogP contribution in [0.3, 0.4) is 0 Å². The fraction of sp³-hybridized carbons (Fsp3) is 0.231. The molecule has 6 heteroatoms. The van der Waals surface area contributed by atoms with Crippen LogP contribution in [-0.2, 0) is 4.79 Å². The van der Waals surface area contributed by atoms with Gasteiger partial charge in [0.2, 0.25) is 0 Å². The van der Waals surface area contributed by atoms with Gasteiger partial charge < -0.3 is 16.0 Å². The third kappa shape index (κ3) is 2.88. The van der Waals surface area contributed by atoms with Crippen molar-refractivity contribution in [2.45, 2.75) is 13.0 Å². The average molecular weight is 296 g/mol. The Bertz CT molecular complexity index is 554. The zero-order valence-corrected chi connectivity index (χ0v) is 12.2. The van der Waals surface area contributed by atoms with E-state index in [1.54, 1.807) is 19.2 Å². The lowest BCUT2D eigenvalue weighted by molar-refractivity contribution is -0.117. The maximum Gasteiger partial charge on any atom is 0.251 e. The summed E-state index contributed by atoms with van der Waals surface area (Å²) in [5, 5.41) is 9.88. The van der Waals surface area contributed by atoms with Gasteiger partial charge in [0.1, 0.15) is 0 Å². The molecule has 1 unspecified atom stereocenters. The molecule has 0 aromatic heterocycles. The zero-order chi connectivity index (χ0) is 14.0. The lowest BCUT2D eigenvalue weighted by Gasteiger charge is -2.30. The van der Waals surface area contributed by atoms with E-state index in [4.69, 9.17) is 23.8 Å². The van der Waals surface area contributed by atoms with Crippen molar-refractivity contribution in [2.24, 2.45) is 0 Å². The number of likely N-dealkylation sites (N-methyl/N-ethyl adjacent to an activating group) is 1. The van der Waals surface area contributed by atoms with Gasteiger partial charge >= 0.3 is 0 Å². The molecular formula is C13H14ClN3OS. The Balaban J connectivity index is 2.46. The van der Waals surface area contributed by atoms with Crippen LogP contribution in [0, 0.1) is 0 Å². The smallest absolute Gasteiger partial charge is 0.251 e. The SMILES string of the molecule is CNC(=O)C1=C(C)NC(=S)NC1c1ccc(Cl)cc1. The van der Waals surface area contributed by atoms with Gasteiger partial charge in [-0.1, -0.05) is 23.7 Å². The quantitative estimate of drug-likeness (QED) is 0.729. The van der Waals surface area contributed by atoms with E-state index < -0.39 is 0 Å². The Morgan fingerprint density at radius 3 is 2.58 bits per heavy atom. The molecular weight excluding hydrogens is 282 g/mol. The number of benzene rings is 1. The van der Waals surface area contributed by atoms with E-state index in [9.17, 15) is 4.79 Å². The summed E-state index contributed by atoms with van der Waals surface area (Å²) in [5.74, 6) is -0.139. The van der Waals surface area contributed by atoms with Crippen molar-refractivity contribution >= 4 is 34.8 Å². The molecule has 100 valence electrons. The van der Waals surface area contributed by atoms with E-state index in [1.807, 2.05) is 19.1 Å². The second-order valence-electron chi connectivity index (χ2n) is 4.20. The first kappa shape index (κ1) is 13.8. The Morgan fingerprint density at radius 1 is 1.37 bits per heavy atom. The number of allylic oxidation sites excluding steroid dienone is 1. The number of rotatable bonds is 2. The predicted octanol–water partition coefficient (Wildman–Crippen LogP) is 1.88. The fourth-order valence-corrected chi connectivity index (χ4v) is 2.43. The van der Waals surface area contributed by atoms with Crippen LogP contribution in [0.1, 0.15) is 18.5 Å². The number of thiocarbonyl (C=S) groups is 1. The lowest BCUT2D eigenvalue weighted by Crippen LogP contribution is -2.46. The molecule has 1 heterocycles. The van der Waals surface area contributed by atoms with Crippen LogP contribution in [0.4, 0.5) is 0 Å². The van der Waals surface area contributed by atoms with Crippen LogP contribution in [0.2, 0.25) is 5.02 Å². The van der Waals surface area contributed by atoms with Crippen molar-refractivity contribution in [2.75, 3.05) is 7.05 Å².